The van der Waals surface area contributed by atoms with Gasteiger partial charge in [0.1, 0.15) is 18.0 Å². The van der Waals surface area contributed by atoms with E-state index in [0.717, 1.165) is 6.42 Å². The standard InChI is InChI=1S/C15H21BrO5/c1-5-20-14-10(16)8-13(14)21-9-6-11(17-2)15(19-4)12(7-9)18-3/h6-7,10,13-14H,5,8H2,1-4H3. The van der Waals surface area contributed by atoms with Gasteiger partial charge >= 0.3 is 0 Å². The molecule has 1 aromatic carbocycles. The molecule has 0 bridgehead atoms. The van der Waals surface area contributed by atoms with E-state index in [9.17, 15) is 0 Å². The van der Waals surface area contributed by atoms with Crippen LogP contribution in [0, 0.1) is 0 Å². The molecule has 0 N–H and O–H groups in total. The van der Waals surface area contributed by atoms with Gasteiger partial charge in [-0.1, -0.05) is 15.9 Å². The van der Waals surface area contributed by atoms with E-state index < -0.39 is 0 Å². The molecular formula is C15H21BrO5. The molecule has 5 nitrogen and oxygen atoms in total. The number of rotatable bonds is 7. The van der Waals surface area contributed by atoms with Crippen molar-refractivity contribution < 1.29 is 23.7 Å². The number of hydrogen-bond acceptors (Lipinski definition) is 5. The van der Waals surface area contributed by atoms with Crippen LogP contribution in [0.25, 0.3) is 0 Å². The highest BCUT2D eigenvalue weighted by atomic mass is 79.9. The SMILES string of the molecule is CCOC1C(Br)CC1Oc1cc(OC)c(OC)c(OC)c1. The second kappa shape index (κ2) is 7.22. The summed E-state index contributed by atoms with van der Waals surface area (Å²) in [6.07, 6.45) is 0.993. The monoisotopic (exact) mass is 360 g/mol. The van der Waals surface area contributed by atoms with Crippen LogP contribution in [0.5, 0.6) is 23.0 Å². The van der Waals surface area contributed by atoms with E-state index in [2.05, 4.69) is 15.9 Å². The smallest absolute Gasteiger partial charge is 0.203 e. The maximum absolute atomic E-state index is 6.00. The minimum Gasteiger partial charge on any atom is -0.493 e. The van der Waals surface area contributed by atoms with Crippen LogP contribution in [0.3, 0.4) is 0 Å². The van der Waals surface area contributed by atoms with Crippen molar-refractivity contribution in [3.63, 3.8) is 0 Å². The Labute approximate surface area is 133 Å². The van der Waals surface area contributed by atoms with Crippen molar-refractivity contribution in [2.45, 2.75) is 30.4 Å². The Bertz CT molecular complexity index is 454. The number of alkyl halides is 1. The molecule has 1 saturated carbocycles. The third kappa shape index (κ3) is 3.37. The van der Waals surface area contributed by atoms with E-state index in [1.165, 1.54) is 0 Å². The van der Waals surface area contributed by atoms with Crippen molar-refractivity contribution >= 4 is 15.9 Å². The van der Waals surface area contributed by atoms with Gasteiger partial charge in [-0.05, 0) is 6.92 Å². The molecule has 3 unspecified atom stereocenters. The van der Waals surface area contributed by atoms with Gasteiger partial charge in [0.25, 0.3) is 0 Å². The van der Waals surface area contributed by atoms with E-state index in [4.69, 9.17) is 23.7 Å². The Morgan fingerprint density at radius 3 is 2.14 bits per heavy atom. The minimum atomic E-state index is 0.0251. The zero-order valence-corrected chi connectivity index (χ0v) is 14.3. The van der Waals surface area contributed by atoms with Crippen LogP contribution in [-0.4, -0.2) is 45.0 Å². The third-order valence-corrected chi connectivity index (χ3v) is 4.36. The van der Waals surface area contributed by atoms with E-state index >= 15 is 0 Å². The first-order valence-electron chi connectivity index (χ1n) is 6.86. The lowest BCUT2D eigenvalue weighted by Crippen LogP contribution is -2.52. The van der Waals surface area contributed by atoms with Gasteiger partial charge in [-0.15, -0.1) is 0 Å². The molecule has 0 amide bonds. The molecule has 6 heteroatoms. The average molecular weight is 361 g/mol. The van der Waals surface area contributed by atoms with Gasteiger partial charge < -0.3 is 23.7 Å². The van der Waals surface area contributed by atoms with Crippen LogP contribution in [0.4, 0.5) is 0 Å². The van der Waals surface area contributed by atoms with E-state index in [1.54, 1.807) is 33.5 Å². The molecule has 0 heterocycles. The highest BCUT2D eigenvalue weighted by molar-refractivity contribution is 9.09. The highest BCUT2D eigenvalue weighted by Crippen LogP contribution is 2.42. The number of benzene rings is 1. The maximum atomic E-state index is 6.00. The molecule has 21 heavy (non-hydrogen) atoms. The van der Waals surface area contributed by atoms with Gasteiger partial charge in [-0.25, -0.2) is 0 Å². The summed E-state index contributed by atoms with van der Waals surface area (Å²) in [6.45, 7) is 2.65. The van der Waals surface area contributed by atoms with Crippen molar-refractivity contribution in [3.8, 4) is 23.0 Å². The first-order valence-corrected chi connectivity index (χ1v) is 7.78. The van der Waals surface area contributed by atoms with Crippen molar-refractivity contribution in [1.82, 2.24) is 0 Å². The molecule has 1 fully saturated rings. The van der Waals surface area contributed by atoms with Gasteiger partial charge in [-0.2, -0.15) is 0 Å². The number of ether oxygens (including phenoxy) is 5. The summed E-state index contributed by atoms with van der Waals surface area (Å²) < 4.78 is 27.6. The number of halogens is 1. The van der Waals surface area contributed by atoms with Crippen molar-refractivity contribution in [1.29, 1.82) is 0 Å². The molecule has 3 atom stereocenters. The van der Waals surface area contributed by atoms with Crippen LogP contribution in [0.1, 0.15) is 13.3 Å². The Balaban J connectivity index is 2.17. The lowest BCUT2D eigenvalue weighted by Gasteiger charge is -2.40. The molecular weight excluding hydrogens is 340 g/mol. The topological polar surface area (TPSA) is 46.2 Å². The summed E-state index contributed by atoms with van der Waals surface area (Å²) >= 11 is 3.59. The molecule has 0 radical (unpaired) electrons. The lowest BCUT2D eigenvalue weighted by atomic mass is 9.91. The first kappa shape index (κ1) is 16.2. The summed E-state index contributed by atoms with van der Waals surface area (Å²) in [4.78, 5) is 0.337. The summed E-state index contributed by atoms with van der Waals surface area (Å²) in [7, 11) is 4.75. The van der Waals surface area contributed by atoms with Crippen LogP contribution < -0.4 is 18.9 Å². The van der Waals surface area contributed by atoms with Crippen LogP contribution in [0.15, 0.2) is 12.1 Å². The van der Waals surface area contributed by atoms with Gasteiger partial charge in [-0.3, -0.25) is 0 Å². The average Bonchev–Trinajstić information content (AvgIpc) is 2.51. The summed E-state index contributed by atoms with van der Waals surface area (Å²) in [5, 5.41) is 0. The zero-order chi connectivity index (χ0) is 15.4. The third-order valence-electron chi connectivity index (χ3n) is 3.47. The van der Waals surface area contributed by atoms with Crippen molar-refractivity contribution in [2.24, 2.45) is 0 Å². The largest absolute Gasteiger partial charge is 0.493 e. The van der Waals surface area contributed by atoms with Crippen molar-refractivity contribution in [3.05, 3.63) is 12.1 Å². The molecule has 1 aliphatic carbocycles. The second-order valence-corrected chi connectivity index (χ2v) is 5.87. The Kier molecular flexibility index (Phi) is 5.58. The fraction of sp³-hybridized carbons (Fsp3) is 0.600. The Morgan fingerprint density at radius 2 is 1.71 bits per heavy atom. The van der Waals surface area contributed by atoms with Gasteiger partial charge in [0, 0.05) is 30.0 Å². The van der Waals surface area contributed by atoms with Crippen LogP contribution in [0.2, 0.25) is 0 Å². The predicted octanol–water partition coefficient (Wildman–Crippen LogP) is 3.03. The molecule has 118 valence electrons. The van der Waals surface area contributed by atoms with E-state index in [1.807, 2.05) is 6.92 Å². The molecule has 1 aromatic rings. The quantitative estimate of drug-likeness (QED) is 0.699. The number of methoxy groups -OCH3 is 3. The number of hydrogen-bond donors (Lipinski definition) is 0. The van der Waals surface area contributed by atoms with E-state index in [-0.39, 0.29) is 12.2 Å². The lowest BCUT2D eigenvalue weighted by molar-refractivity contribution is -0.0724. The van der Waals surface area contributed by atoms with Gasteiger partial charge in [0.15, 0.2) is 11.5 Å². The molecule has 1 aliphatic rings. The molecule has 0 saturated heterocycles. The predicted molar refractivity (Wildman–Crippen MR) is 83.3 cm³/mol. The Morgan fingerprint density at radius 1 is 1.10 bits per heavy atom. The summed E-state index contributed by atoms with van der Waals surface area (Å²) in [5.74, 6) is 2.39. The summed E-state index contributed by atoms with van der Waals surface area (Å²) in [6, 6.07) is 3.60. The normalized spacial score (nSPS) is 24.1. The zero-order valence-electron chi connectivity index (χ0n) is 12.7. The highest BCUT2D eigenvalue weighted by Gasteiger charge is 2.42. The van der Waals surface area contributed by atoms with Crippen LogP contribution in [-0.2, 0) is 4.74 Å². The Hall–Kier alpha value is -1.14. The van der Waals surface area contributed by atoms with Crippen LogP contribution >= 0.6 is 15.9 Å². The van der Waals surface area contributed by atoms with Gasteiger partial charge in [0.05, 0.1) is 21.3 Å². The molecule has 0 spiro atoms. The fourth-order valence-electron chi connectivity index (χ4n) is 2.35. The van der Waals surface area contributed by atoms with Crippen molar-refractivity contribution in [2.75, 3.05) is 27.9 Å². The van der Waals surface area contributed by atoms with Gasteiger partial charge in [0.2, 0.25) is 5.75 Å². The van der Waals surface area contributed by atoms with E-state index in [0.29, 0.717) is 34.4 Å². The minimum absolute atomic E-state index is 0.0251. The summed E-state index contributed by atoms with van der Waals surface area (Å²) in [5.41, 5.74) is 0. The fourth-order valence-corrected chi connectivity index (χ4v) is 3.21. The first-order chi connectivity index (χ1) is 10.1. The molecule has 0 aliphatic heterocycles. The maximum Gasteiger partial charge on any atom is 0.203 e. The molecule has 2 rings (SSSR count). The molecule has 0 aromatic heterocycles. The second-order valence-electron chi connectivity index (χ2n) is 4.69.